The molecule has 0 bridgehead atoms. The highest BCUT2D eigenvalue weighted by molar-refractivity contribution is 7.80. The Balaban J connectivity index is 1.66. The van der Waals surface area contributed by atoms with E-state index in [1.807, 2.05) is 50.2 Å². The lowest BCUT2D eigenvalue weighted by atomic mass is 9.88. The zero-order valence-corrected chi connectivity index (χ0v) is 22.7. The Morgan fingerprint density at radius 2 is 1.86 bits per heavy atom. The molecule has 196 valence electrons. The number of fused-ring (bicyclic) bond motifs is 1. The van der Waals surface area contributed by atoms with Crippen LogP contribution < -0.4 is 19.5 Å². The molecule has 4 rings (SSSR count). The molecule has 0 spiro atoms. The molecule has 2 heterocycles. The van der Waals surface area contributed by atoms with Crippen LogP contribution in [-0.2, 0) is 4.74 Å². The molecule has 36 heavy (non-hydrogen) atoms. The van der Waals surface area contributed by atoms with E-state index in [4.69, 9.17) is 31.2 Å². The Morgan fingerprint density at radius 3 is 2.61 bits per heavy atom. The molecular formula is C28H39N3O4S. The minimum atomic E-state index is -0.332. The van der Waals surface area contributed by atoms with E-state index in [9.17, 15) is 0 Å². The highest BCUT2D eigenvalue weighted by Crippen LogP contribution is 2.44. The van der Waals surface area contributed by atoms with Crippen molar-refractivity contribution in [2.45, 2.75) is 45.8 Å². The lowest BCUT2D eigenvalue weighted by Gasteiger charge is -2.44. The van der Waals surface area contributed by atoms with Gasteiger partial charge in [0.05, 0.1) is 38.2 Å². The molecule has 0 aromatic heterocycles. The topological polar surface area (TPSA) is 55.4 Å². The molecule has 8 heteroatoms. The fraction of sp³-hybridized carbons (Fsp3) is 0.536. The SMILES string of the molecule is CCOc1ccc2c(c1)[C@@H](N(CCN1CCOCC1)C(=S)Nc1ccccc1OCC)CC(C)(C)O2. The van der Waals surface area contributed by atoms with Crippen LogP contribution in [-0.4, -0.2) is 73.1 Å². The first kappa shape index (κ1) is 26.5. The predicted molar refractivity (Wildman–Crippen MR) is 147 cm³/mol. The summed E-state index contributed by atoms with van der Waals surface area (Å²) in [5.74, 6) is 2.52. The third-order valence-electron chi connectivity index (χ3n) is 6.55. The molecule has 0 unspecified atom stereocenters. The van der Waals surface area contributed by atoms with Gasteiger partial charge in [-0.05, 0) is 70.2 Å². The van der Waals surface area contributed by atoms with Crippen LogP contribution in [0, 0.1) is 0 Å². The highest BCUT2D eigenvalue weighted by Gasteiger charge is 2.38. The fourth-order valence-corrected chi connectivity index (χ4v) is 5.17. The zero-order chi connectivity index (χ0) is 25.5. The van der Waals surface area contributed by atoms with Crippen molar-refractivity contribution in [1.82, 2.24) is 9.80 Å². The van der Waals surface area contributed by atoms with Crippen molar-refractivity contribution >= 4 is 23.0 Å². The van der Waals surface area contributed by atoms with Gasteiger partial charge in [-0.25, -0.2) is 0 Å². The first-order chi connectivity index (χ1) is 17.4. The second kappa shape index (κ2) is 12.1. The van der Waals surface area contributed by atoms with Crippen molar-refractivity contribution in [3.8, 4) is 17.2 Å². The summed E-state index contributed by atoms with van der Waals surface area (Å²) in [4.78, 5) is 4.75. The molecule has 2 aliphatic heterocycles. The summed E-state index contributed by atoms with van der Waals surface area (Å²) in [6.45, 7) is 14.6. The van der Waals surface area contributed by atoms with Crippen LogP contribution in [0.25, 0.3) is 0 Å². The van der Waals surface area contributed by atoms with Crippen LogP contribution in [0.3, 0.4) is 0 Å². The molecule has 0 radical (unpaired) electrons. The van der Waals surface area contributed by atoms with Gasteiger partial charge in [-0.1, -0.05) is 12.1 Å². The van der Waals surface area contributed by atoms with E-state index in [1.54, 1.807) is 0 Å². The van der Waals surface area contributed by atoms with Crippen LogP contribution in [0.1, 0.15) is 45.7 Å². The Labute approximate surface area is 220 Å². The first-order valence-corrected chi connectivity index (χ1v) is 13.4. The Morgan fingerprint density at radius 1 is 1.11 bits per heavy atom. The summed E-state index contributed by atoms with van der Waals surface area (Å²) in [6, 6.07) is 14.1. The van der Waals surface area contributed by atoms with Crippen molar-refractivity contribution < 1.29 is 18.9 Å². The van der Waals surface area contributed by atoms with E-state index in [0.717, 1.165) is 74.3 Å². The van der Waals surface area contributed by atoms with Gasteiger partial charge in [0.25, 0.3) is 0 Å². The Bertz CT molecular complexity index is 1030. The number of anilines is 1. The molecule has 0 amide bonds. The van der Waals surface area contributed by atoms with Crippen LogP contribution >= 0.6 is 12.2 Å². The van der Waals surface area contributed by atoms with Crippen LogP contribution in [0.2, 0.25) is 0 Å². The summed E-state index contributed by atoms with van der Waals surface area (Å²) >= 11 is 6.08. The number of thiocarbonyl (C=S) groups is 1. The number of nitrogens with one attached hydrogen (secondary N) is 1. The number of ether oxygens (including phenoxy) is 4. The highest BCUT2D eigenvalue weighted by atomic mass is 32.1. The average molecular weight is 514 g/mol. The molecule has 1 N–H and O–H groups in total. The number of morpholine rings is 1. The lowest BCUT2D eigenvalue weighted by Crippen LogP contribution is -2.48. The molecule has 2 aromatic carbocycles. The van der Waals surface area contributed by atoms with Gasteiger partial charge in [-0.3, -0.25) is 4.90 Å². The van der Waals surface area contributed by atoms with Gasteiger partial charge >= 0.3 is 0 Å². The van der Waals surface area contributed by atoms with Crippen molar-refractivity contribution in [2.75, 3.05) is 57.9 Å². The second-order valence-corrected chi connectivity index (χ2v) is 10.1. The van der Waals surface area contributed by atoms with E-state index in [0.29, 0.717) is 18.3 Å². The standard InChI is InChI=1S/C28H39N3O4S/c1-5-33-21-11-12-25-22(19-21)24(20-28(3,4)35-25)31(14-13-30-15-17-32-18-16-30)27(36)29-23-9-7-8-10-26(23)34-6-2/h7-12,19,24H,5-6,13-18,20H2,1-4H3,(H,29,36)/t24-/m0/s1. The van der Waals surface area contributed by atoms with Crippen LogP contribution in [0.5, 0.6) is 17.2 Å². The van der Waals surface area contributed by atoms with Crippen molar-refractivity contribution in [1.29, 1.82) is 0 Å². The van der Waals surface area contributed by atoms with E-state index in [-0.39, 0.29) is 11.6 Å². The van der Waals surface area contributed by atoms with Crippen LogP contribution in [0.4, 0.5) is 5.69 Å². The fourth-order valence-electron chi connectivity index (χ4n) is 4.84. The smallest absolute Gasteiger partial charge is 0.174 e. The number of nitrogens with zero attached hydrogens (tertiary/aromatic N) is 2. The zero-order valence-electron chi connectivity index (χ0n) is 21.9. The molecule has 1 saturated heterocycles. The lowest BCUT2D eigenvalue weighted by molar-refractivity contribution is 0.0266. The average Bonchev–Trinajstić information content (AvgIpc) is 2.86. The summed E-state index contributed by atoms with van der Waals surface area (Å²) < 4.78 is 23.6. The van der Waals surface area contributed by atoms with Gasteiger partial charge in [0.15, 0.2) is 5.11 Å². The molecule has 2 aromatic rings. The molecule has 7 nitrogen and oxygen atoms in total. The first-order valence-electron chi connectivity index (χ1n) is 13.0. The maximum absolute atomic E-state index is 6.38. The summed E-state index contributed by atoms with van der Waals surface area (Å²) in [5, 5.41) is 4.17. The van der Waals surface area contributed by atoms with Gasteiger partial charge in [0.2, 0.25) is 0 Å². The number of hydrogen-bond acceptors (Lipinski definition) is 6. The number of rotatable bonds is 9. The molecule has 0 saturated carbocycles. The quantitative estimate of drug-likeness (QED) is 0.464. The maximum Gasteiger partial charge on any atom is 0.174 e. The van der Waals surface area contributed by atoms with Gasteiger partial charge < -0.3 is 29.2 Å². The monoisotopic (exact) mass is 513 g/mol. The Kier molecular flexibility index (Phi) is 8.93. The molecule has 1 atom stereocenters. The van der Waals surface area contributed by atoms with Crippen molar-refractivity contribution in [2.24, 2.45) is 0 Å². The van der Waals surface area contributed by atoms with E-state index >= 15 is 0 Å². The van der Waals surface area contributed by atoms with E-state index < -0.39 is 0 Å². The van der Waals surface area contributed by atoms with Crippen LogP contribution in [0.15, 0.2) is 42.5 Å². The van der Waals surface area contributed by atoms with Gasteiger partial charge in [0, 0.05) is 38.2 Å². The Hall–Kier alpha value is -2.55. The minimum Gasteiger partial charge on any atom is -0.494 e. The number of benzene rings is 2. The molecular weight excluding hydrogens is 474 g/mol. The van der Waals surface area contributed by atoms with Gasteiger partial charge in [0.1, 0.15) is 22.8 Å². The largest absolute Gasteiger partial charge is 0.494 e. The maximum atomic E-state index is 6.38. The number of hydrogen-bond donors (Lipinski definition) is 1. The predicted octanol–water partition coefficient (Wildman–Crippen LogP) is 5.12. The number of para-hydroxylation sites is 2. The van der Waals surface area contributed by atoms with E-state index in [2.05, 4.69) is 35.0 Å². The summed E-state index contributed by atoms with van der Waals surface area (Å²) in [5.41, 5.74) is 1.64. The normalized spacial score (nSPS) is 19.1. The second-order valence-electron chi connectivity index (χ2n) is 9.72. The minimum absolute atomic E-state index is 0.0319. The summed E-state index contributed by atoms with van der Waals surface area (Å²) in [6.07, 6.45) is 0.799. The molecule has 1 fully saturated rings. The van der Waals surface area contributed by atoms with Gasteiger partial charge in [-0.2, -0.15) is 0 Å². The van der Waals surface area contributed by atoms with E-state index in [1.165, 1.54) is 0 Å². The molecule has 0 aliphatic carbocycles. The van der Waals surface area contributed by atoms with Crippen molar-refractivity contribution in [3.05, 3.63) is 48.0 Å². The molecule has 2 aliphatic rings. The third-order valence-corrected chi connectivity index (χ3v) is 6.89. The van der Waals surface area contributed by atoms with Crippen molar-refractivity contribution in [3.63, 3.8) is 0 Å². The third kappa shape index (κ3) is 6.60. The summed E-state index contributed by atoms with van der Waals surface area (Å²) in [7, 11) is 0. The van der Waals surface area contributed by atoms with Gasteiger partial charge in [-0.15, -0.1) is 0 Å².